The van der Waals surface area contributed by atoms with Gasteiger partial charge in [0.1, 0.15) is 5.82 Å². The van der Waals surface area contributed by atoms with Gasteiger partial charge in [0.05, 0.1) is 11.3 Å². The smallest absolute Gasteiger partial charge is 0.337 e. The molecule has 1 rings (SSSR count). The first-order chi connectivity index (χ1) is 8.45. The number of halogens is 1. The number of urea groups is 1. The number of carboxylic acid groups (broad SMARTS) is 1. The van der Waals surface area contributed by atoms with Crippen LogP contribution in [-0.4, -0.2) is 35.6 Å². The number of benzene rings is 1. The van der Waals surface area contributed by atoms with Gasteiger partial charge in [-0.3, -0.25) is 0 Å². The average molecular weight is 252 g/mol. The van der Waals surface area contributed by atoms with Crippen LogP contribution in [0.25, 0.3) is 0 Å². The number of carbonyl (C=O) groups excluding carboxylic acids is 1. The van der Waals surface area contributed by atoms with E-state index in [4.69, 9.17) is 5.11 Å². The Balaban J connectivity index is 2.93. The fourth-order valence-electron chi connectivity index (χ4n) is 1.29. The maximum Gasteiger partial charge on any atom is 0.337 e. The molecule has 0 saturated carbocycles. The molecule has 0 heterocycles. The molecule has 0 aliphatic rings. The first-order valence-electron chi connectivity index (χ1n) is 5.11. The van der Waals surface area contributed by atoms with Crippen molar-refractivity contribution in [1.29, 1.82) is 0 Å². The molecule has 0 aliphatic carbocycles. The number of nitrogens with one attached hydrogen (secondary N) is 1. The van der Waals surface area contributed by atoms with Crippen molar-refractivity contribution in [1.82, 2.24) is 4.90 Å². The van der Waals surface area contributed by atoms with Crippen molar-refractivity contribution in [3.8, 4) is 0 Å². The normalized spacial score (nSPS) is 9.67. The van der Waals surface area contributed by atoms with Crippen molar-refractivity contribution in [3.63, 3.8) is 0 Å². The molecule has 0 atom stereocenters. The Morgan fingerprint density at radius 2 is 2.22 bits per heavy atom. The summed E-state index contributed by atoms with van der Waals surface area (Å²) in [5.41, 5.74) is -0.250. The van der Waals surface area contributed by atoms with Crippen molar-refractivity contribution in [3.05, 3.63) is 42.2 Å². The Morgan fingerprint density at radius 1 is 1.56 bits per heavy atom. The molecule has 0 aliphatic heterocycles. The number of anilines is 1. The van der Waals surface area contributed by atoms with Gasteiger partial charge < -0.3 is 15.3 Å². The maximum absolute atomic E-state index is 12.9. The summed E-state index contributed by atoms with van der Waals surface area (Å²) in [6.45, 7) is 3.80. The quantitative estimate of drug-likeness (QED) is 0.807. The average Bonchev–Trinajstić information content (AvgIpc) is 2.31. The van der Waals surface area contributed by atoms with E-state index in [9.17, 15) is 14.0 Å². The maximum atomic E-state index is 12.9. The summed E-state index contributed by atoms with van der Waals surface area (Å²) >= 11 is 0. The largest absolute Gasteiger partial charge is 0.478 e. The molecule has 0 bridgehead atoms. The third kappa shape index (κ3) is 3.31. The van der Waals surface area contributed by atoms with Crippen LogP contribution in [0.5, 0.6) is 0 Å². The van der Waals surface area contributed by atoms with Crippen LogP contribution >= 0.6 is 0 Å². The van der Waals surface area contributed by atoms with Crippen molar-refractivity contribution < 1.29 is 19.1 Å². The van der Waals surface area contributed by atoms with Crippen molar-refractivity contribution in [2.75, 3.05) is 18.9 Å². The number of aromatic carboxylic acids is 1. The zero-order valence-electron chi connectivity index (χ0n) is 9.81. The lowest BCUT2D eigenvalue weighted by molar-refractivity contribution is 0.0697. The molecule has 0 saturated heterocycles. The molecule has 0 spiro atoms. The van der Waals surface area contributed by atoms with Gasteiger partial charge in [-0.15, -0.1) is 6.58 Å². The lowest BCUT2D eigenvalue weighted by Gasteiger charge is -2.16. The van der Waals surface area contributed by atoms with E-state index in [1.165, 1.54) is 24.1 Å². The van der Waals surface area contributed by atoms with Crippen LogP contribution in [0.1, 0.15) is 10.4 Å². The standard InChI is InChI=1S/C12H13FN2O3/c1-3-6-15(2)12(18)14-10-5-4-8(13)7-9(10)11(16)17/h3-5,7H,1,6H2,2H3,(H,14,18)(H,16,17). The minimum atomic E-state index is -1.31. The molecule has 1 aromatic carbocycles. The predicted molar refractivity (Wildman–Crippen MR) is 65.2 cm³/mol. The lowest BCUT2D eigenvalue weighted by Crippen LogP contribution is -2.31. The van der Waals surface area contributed by atoms with Crippen molar-refractivity contribution in [2.24, 2.45) is 0 Å². The van der Waals surface area contributed by atoms with E-state index in [-0.39, 0.29) is 11.3 Å². The first-order valence-corrected chi connectivity index (χ1v) is 5.11. The molecule has 6 heteroatoms. The third-order valence-electron chi connectivity index (χ3n) is 2.20. The van der Waals surface area contributed by atoms with E-state index in [0.717, 1.165) is 12.1 Å². The summed E-state index contributed by atoms with van der Waals surface area (Å²) in [6, 6.07) is 2.64. The zero-order chi connectivity index (χ0) is 13.7. The number of carboxylic acids is 1. The fourth-order valence-corrected chi connectivity index (χ4v) is 1.29. The highest BCUT2D eigenvalue weighted by atomic mass is 19.1. The van der Waals surface area contributed by atoms with Gasteiger partial charge in [0.2, 0.25) is 0 Å². The number of rotatable bonds is 4. The number of hydrogen-bond acceptors (Lipinski definition) is 2. The molecular weight excluding hydrogens is 239 g/mol. The molecule has 18 heavy (non-hydrogen) atoms. The SMILES string of the molecule is C=CCN(C)C(=O)Nc1ccc(F)cc1C(=O)O. The van der Waals surface area contributed by atoms with Crippen LogP contribution in [0, 0.1) is 5.82 Å². The van der Waals surface area contributed by atoms with Crippen LogP contribution in [0.4, 0.5) is 14.9 Å². The highest BCUT2D eigenvalue weighted by Crippen LogP contribution is 2.17. The third-order valence-corrected chi connectivity index (χ3v) is 2.20. The molecule has 2 amide bonds. The summed E-state index contributed by atoms with van der Waals surface area (Å²) in [6.07, 6.45) is 1.53. The van der Waals surface area contributed by atoms with Crippen LogP contribution < -0.4 is 5.32 Å². The number of carbonyl (C=O) groups is 2. The van der Waals surface area contributed by atoms with E-state index in [2.05, 4.69) is 11.9 Å². The number of hydrogen-bond donors (Lipinski definition) is 2. The summed E-state index contributed by atoms with van der Waals surface area (Å²) in [5, 5.41) is 11.3. The second-order valence-electron chi connectivity index (χ2n) is 3.59. The molecular formula is C12H13FN2O3. The second-order valence-corrected chi connectivity index (χ2v) is 3.59. The van der Waals surface area contributed by atoms with E-state index < -0.39 is 17.8 Å². The summed E-state index contributed by atoms with van der Waals surface area (Å²) in [7, 11) is 1.53. The molecule has 0 radical (unpaired) electrons. The number of amides is 2. The van der Waals surface area contributed by atoms with Crippen LogP contribution in [0.3, 0.4) is 0 Å². The fraction of sp³-hybridized carbons (Fsp3) is 0.167. The van der Waals surface area contributed by atoms with Gasteiger partial charge in [-0.1, -0.05) is 6.08 Å². The molecule has 0 fully saturated rings. The summed E-state index contributed by atoms with van der Waals surface area (Å²) in [4.78, 5) is 23.9. The molecule has 5 nitrogen and oxygen atoms in total. The first kappa shape index (κ1) is 13.7. The number of likely N-dealkylation sites (N-methyl/N-ethyl adjacent to an activating group) is 1. The van der Waals surface area contributed by atoms with Crippen LogP contribution in [-0.2, 0) is 0 Å². The van der Waals surface area contributed by atoms with E-state index in [1.807, 2.05) is 0 Å². The topological polar surface area (TPSA) is 69.6 Å². The van der Waals surface area contributed by atoms with Gasteiger partial charge in [-0.05, 0) is 18.2 Å². The number of nitrogens with zero attached hydrogens (tertiary/aromatic N) is 1. The molecule has 1 aromatic rings. The van der Waals surface area contributed by atoms with Gasteiger partial charge >= 0.3 is 12.0 Å². The summed E-state index contributed by atoms with van der Waals surface area (Å²) in [5.74, 6) is -1.99. The zero-order valence-corrected chi connectivity index (χ0v) is 9.81. The molecule has 96 valence electrons. The summed E-state index contributed by atoms with van der Waals surface area (Å²) < 4.78 is 12.9. The Bertz CT molecular complexity index is 488. The monoisotopic (exact) mass is 252 g/mol. The minimum absolute atomic E-state index is 0.0461. The van der Waals surface area contributed by atoms with Crippen LogP contribution in [0.15, 0.2) is 30.9 Å². The Kier molecular flexibility index (Phi) is 4.42. The van der Waals surface area contributed by atoms with Gasteiger partial charge in [0.25, 0.3) is 0 Å². The molecule has 2 N–H and O–H groups in total. The van der Waals surface area contributed by atoms with Gasteiger partial charge in [0.15, 0.2) is 0 Å². The highest BCUT2D eigenvalue weighted by molar-refractivity contribution is 5.99. The highest BCUT2D eigenvalue weighted by Gasteiger charge is 2.15. The van der Waals surface area contributed by atoms with Gasteiger partial charge in [-0.25, -0.2) is 14.0 Å². The van der Waals surface area contributed by atoms with Gasteiger partial charge in [-0.2, -0.15) is 0 Å². The van der Waals surface area contributed by atoms with E-state index >= 15 is 0 Å². The van der Waals surface area contributed by atoms with Crippen LogP contribution in [0.2, 0.25) is 0 Å². The Labute approximate surface area is 104 Å². The lowest BCUT2D eigenvalue weighted by atomic mass is 10.1. The molecule has 0 unspecified atom stereocenters. The predicted octanol–water partition coefficient (Wildman–Crippen LogP) is 2.17. The Morgan fingerprint density at radius 3 is 2.78 bits per heavy atom. The van der Waals surface area contributed by atoms with E-state index in [0.29, 0.717) is 6.54 Å². The van der Waals surface area contributed by atoms with Crippen molar-refractivity contribution >= 4 is 17.7 Å². The minimum Gasteiger partial charge on any atom is -0.478 e. The molecule has 0 aromatic heterocycles. The second kappa shape index (κ2) is 5.81. The van der Waals surface area contributed by atoms with Crippen molar-refractivity contribution in [2.45, 2.75) is 0 Å². The van der Waals surface area contributed by atoms with E-state index in [1.54, 1.807) is 0 Å². The van der Waals surface area contributed by atoms with Gasteiger partial charge in [0, 0.05) is 13.6 Å². The Hall–Kier alpha value is -2.37.